The third kappa shape index (κ3) is 4.00. The van der Waals surface area contributed by atoms with Crippen LogP contribution in [0.3, 0.4) is 0 Å². The highest BCUT2D eigenvalue weighted by atomic mass is 16.4. The van der Waals surface area contributed by atoms with Crippen molar-refractivity contribution in [3.63, 3.8) is 0 Å². The number of carboxylic acid groups (broad SMARTS) is 1. The molecule has 7 heteroatoms. The summed E-state index contributed by atoms with van der Waals surface area (Å²) in [6.45, 7) is 1.71. The van der Waals surface area contributed by atoms with Crippen molar-refractivity contribution < 1.29 is 14.7 Å². The van der Waals surface area contributed by atoms with Crippen LogP contribution in [0.15, 0.2) is 18.5 Å². The summed E-state index contributed by atoms with van der Waals surface area (Å²) in [7, 11) is 1.66. The van der Waals surface area contributed by atoms with Crippen LogP contribution in [0.1, 0.15) is 13.3 Å². The molecular formula is C11H16N4O3. The van der Waals surface area contributed by atoms with Crippen LogP contribution < -0.4 is 10.2 Å². The van der Waals surface area contributed by atoms with Gasteiger partial charge in [-0.15, -0.1) is 0 Å². The molecule has 0 saturated carbocycles. The zero-order valence-electron chi connectivity index (χ0n) is 10.3. The summed E-state index contributed by atoms with van der Waals surface area (Å²) in [4.78, 5) is 31.9. The Balaban J connectivity index is 2.52. The fourth-order valence-electron chi connectivity index (χ4n) is 1.35. The maximum absolute atomic E-state index is 11.6. The quantitative estimate of drug-likeness (QED) is 0.733. The van der Waals surface area contributed by atoms with Crippen LogP contribution >= 0.6 is 0 Å². The summed E-state index contributed by atoms with van der Waals surface area (Å²) >= 11 is 0. The molecule has 0 aliphatic carbocycles. The van der Waals surface area contributed by atoms with E-state index in [9.17, 15) is 9.59 Å². The summed E-state index contributed by atoms with van der Waals surface area (Å²) in [6, 6.07) is 0.817. The second-order valence-corrected chi connectivity index (χ2v) is 3.77. The van der Waals surface area contributed by atoms with Gasteiger partial charge < -0.3 is 15.3 Å². The summed E-state index contributed by atoms with van der Waals surface area (Å²) in [5.41, 5.74) is 0. The second kappa shape index (κ2) is 6.53. The van der Waals surface area contributed by atoms with E-state index in [1.54, 1.807) is 37.3 Å². The lowest BCUT2D eigenvalue weighted by Gasteiger charge is -2.18. The maximum atomic E-state index is 11.6. The lowest BCUT2D eigenvalue weighted by atomic mass is 10.2. The molecular weight excluding hydrogens is 236 g/mol. The maximum Gasteiger partial charge on any atom is 0.326 e. The highest BCUT2D eigenvalue weighted by molar-refractivity contribution is 5.86. The summed E-state index contributed by atoms with van der Waals surface area (Å²) in [5.74, 6) is -1.00. The van der Waals surface area contributed by atoms with Crippen molar-refractivity contribution >= 4 is 17.8 Å². The third-order valence-corrected chi connectivity index (χ3v) is 2.32. The van der Waals surface area contributed by atoms with Gasteiger partial charge in [0.1, 0.15) is 6.04 Å². The van der Waals surface area contributed by atoms with Gasteiger partial charge in [-0.2, -0.15) is 0 Å². The number of hydrogen-bond acceptors (Lipinski definition) is 5. The molecule has 0 aliphatic heterocycles. The predicted molar refractivity (Wildman–Crippen MR) is 65.2 cm³/mol. The topological polar surface area (TPSA) is 95.4 Å². The average molecular weight is 252 g/mol. The molecule has 18 heavy (non-hydrogen) atoms. The molecule has 1 aromatic heterocycles. The smallest absolute Gasteiger partial charge is 0.326 e. The van der Waals surface area contributed by atoms with Crippen molar-refractivity contribution in [2.24, 2.45) is 0 Å². The molecule has 0 aromatic carbocycles. The molecule has 0 bridgehead atoms. The molecule has 0 unspecified atom stereocenters. The molecule has 2 N–H and O–H groups in total. The molecule has 0 fully saturated rings. The number of nitrogens with one attached hydrogen (secondary N) is 1. The molecule has 0 spiro atoms. The average Bonchev–Trinajstić information content (AvgIpc) is 2.36. The van der Waals surface area contributed by atoms with Crippen molar-refractivity contribution in [3.05, 3.63) is 18.5 Å². The predicted octanol–water partition coefficient (Wildman–Crippen LogP) is -0.108. The minimum atomic E-state index is -1.04. The van der Waals surface area contributed by atoms with Crippen LogP contribution in [-0.2, 0) is 9.59 Å². The zero-order chi connectivity index (χ0) is 13.5. The van der Waals surface area contributed by atoms with Crippen molar-refractivity contribution in [1.29, 1.82) is 0 Å². The Bertz CT molecular complexity index is 410. The first-order valence-electron chi connectivity index (χ1n) is 5.55. The summed E-state index contributed by atoms with van der Waals surface area (Å²) in [5, 5.41) is 11.3. The Kier molecular flexibility index (Phi) is 5.04. The van der Waals surface area contributed by atoms with E-state index in [4.69, 9.17) is 5.11 Å². The third-order valence-electron chi connectivity index (χ3n) is 2.32. The number of anilines is 1. The highest BCUT2D eigenvalue weighted by Crippen LogP contribution is 2.01. The number of carbonyl (C=O) groups excluding carboxylic acids is 1. The van der Waals surface area contributed by atoms with Gasteiger partial charge in [-0.1, -0.05) is 6.92 Å². The van der Waals surface area contributed by atoms with E-state index in [-0.39, 0.29) is 12.5 Å². The van der Waals surface area contributed by atoms with Gasteiger partial charge in [-0.25, -0.2) is 14.8 Å². The van der Waals surface area contributed by atoms with Gasteiger partial charge >= 0.3 is 5.97 Å². The van der Waals surface area contributed by atoms with E-state index >= 15 is 0 Å². The molecule has 1 amide bonds. The lowest BCUT2D eigenvalue weighted by molar-refractivity contribution is -0.141. The molecule has 0 saturated heterocycles. The van der Waals surface area contributed by atoms with E-state index in [1.807, 2.05) is 0 Å². The normalized spacial score (nSPS) is 11.7. The number of carbonyl (C=O) groups is 2. The monoisotopic (exact) mass is 252 g/mol. The number of aliphatic carboxylic acids is 1. The Labute approximate surface area is 105 Å². The highest BCUT2D eigenvalue weighted by Gasteiger charge is 2.18. The lowest BCUT2D eigenvalue weighted by Crippen LogP contribution is -2.44. The van der Waals surface area contributed by atoms with Crippen molar-refractivity contribution in [1.82, 2.24) is 15.3 Å². The van der Waals surface area contributed by atoms with E-state index in [0.29, 0.717) is 12.4 Å². The first kappa shape index (κ1) is 13.9. The van der Waals surface area contributed by atoms with E-state index in [2.05, 4.69) is 15.3 Å². The van der Waals surface area contributed by atoms with Crippen molar-refractivity contribution in [2.75, 3.05) is 18.5 Å². The number of likely N-dealkylation sites (N-methyl/N-ethyl adjacent to an activating group) is 1. The fraction of sp³-hybridized carbons (Fsp3) is 0.455. The molecule has 1 atom stereocenters. The minimum absolute atomic E-state index is 0.00773. The van der Waals surface area contributed by atoms with Crippen LogP contribution in [0.5, 0.6) is 0 Å². The number of hydrogen-bond donors (Lipinski definition) is 2. The van der Waals surface area contributed by atoms with Crippen molar-refractivity contribution in [2.45, 2.75) is 19.4 Å². The Morgan fingerprint density at radius 3 is 2.56 bits per heavy atom. The van der Waals surface area contributed by atoms with Crippen LogP contribution in [0, 0.1) is 0 Å². The van der Waals surface area contributed by atoms with E-state index in [1.165, 1.54) is 0 Å². The number of rotatable bonds is 6. The molecule has 0 radical (unpaired) electrons. The van der Waals surface area contributed by atoms with Gasteiger partial charge in [-0.05, 0) is 12.5 Å². The standard InChI is InChI=1S/C11H16N4O3/c1-3-8(10(17)18)14-9(16)7-15(2)11-12-5-4-6-13-11/h4-6,8H,3,7H2,1-2H3,(H,14,16)(H,17,18)/t8-/m1/s1. The van der Waals surface area contributed by atoms with Gasteiger partial charge in [0.05, 0.1) is 6.54 Å². The first-order chi connectivity index (χ1) is 8.54. The van der Waals surface area contributed by atoms with Crippen LogP contribution in [0.4, 0.5) is 5.95 Å². The van der Waals surface area contributed by atoms with E-state index in [0.717, 1.165) is 0 Å². The summed E-state index contributed by atoms with van der Waals surface area (Å²) < 4.78 is 0. The SMILES string of the molecule is CC[C@@H](NC(=O)CN(C)c1ncccn1)C(=O)O. The largest absolute Gasteiger partial charge is 0.480 e. The van der Waals surface area contributed by atoms with Gasteiger partial charge in [0.25, 0.3) is 0 Å². The van der Waals surface area contributed by atoms with Gasteiger partial charge in [0.15, 0.2) is 0 Å². The molecule has 1 rings (SSSR count). The first-order valence-corrected chi connectivity index (χ1v) is 5.55. The Morgan fingerprint density at radius 1 is 1.44 bits per heavy atom. The Hall–Kier alpha value is -2.18. The molecule has 0 aliphatic rings. The van der Waals surface area contributed by atoms with Gasteiger partial charge in [0.2, 0.25) is 11.9 Å². The zero-order valence-corrected chi connectivity index (χ0v) is 10.3. The fourth-order valence-corrected chi connectivity index (χ4v) is 1.35. The molecule has 7 nitrogen and oxygen atoms in total. The second-order valence-electron chi connectivity index (χ2n) is 3.77. The molecule has 1 aromatic rings. The molecule has 98 valence electrons. The van der Waals surface area contributed by atoms with Gasteiger partial charge in [-0.3, -0.25) is 4.79 Å². The van der Waals surface area contributed by atoms with Crippen LogP contribution in [0.25, 0.3) is 0 Å². The molecule has 1 heterocycles. The van der Waals surface area contributed by atoms with Crippen molar-refractivity contribution in [3.8, 4) is 0 Å². The number of aromatic nitrogens is 2. The number of amides is 1. The van der Waals surface area contributed by atoms with Crippen LogP contribution in [-0.4, -0.2) is 46.6 Å². The van der Waals surface area contributed by atoms with Crippen LogP contribution in [0.2, 0.25) is 0 Å². The number of nitrogens with zero attached hydrogens (tertiary/aromatic N) is 3. The van der Waals surface area contributed by atoms with Gasteiger partial charge in [0, 0.05) is 19.4 Å². The minimum Gasteiger partial charge on any atom is -0.480 e. The Morgan fingerprint density at radius 2 is 2.06 bits per heavy atom. The number of carboxylic acids is 1. The van der Waals surface area contributed by atoms with E-state index < -0.39 is 12.0 Å². The summed E-state index contributed by atoms with van der Waals surface area (Å²) in [6.07, 6.45) is 3.48.